The number of amides is 2. The van der Waals surface area contributed by atoms with E-state index in [0.717, 1.165) is 11.4 Å². The van der Waals surface area contributed by atoms with Gasteiger partial charge in [-0.2, -0.15) is 5.10 Å². The van der Waals surface area contributed by atoms with Gasteiger partial charge in [-0.1, -0.05) is 18.5 Å². The lowest BCUT2D eigenvalue weighted by atomic mass is 10.1. The second-order valence-electron chi connectivity index (χ2n) is 6.67. The molecule has 0 radical (unpaired) electrons. The summed E-state index contributed by atoms with van der Waals surface area (Å²) in [5.41, 5.74) is 7.45. The molecule has 1 aromatic heterocycles. The second-order valence-corrected chi connectivity index (χ2v) is 7.08. The Morgan fingerprint density at radius 3 is 2.61 bits per heavy atom. The molecule has 28 heavy (non-hydrogen) atoms. The standard InChI is InChI=1S/C19H25ClN4O4/c1-11(9-24-13(3)5-12(2)23-24)8-22-19(26)14-6-15(20)18(16(7-14)27-4)28-10-17(21)25/h5-7,11H,8-10H2,1-4H3,(H2,21,25)(H,22,26). The Hall–Kier alpha value is -2.74. The predicted octanol–water partition coefficient (Wildman–Crippen LogP) is 2.09. The number of rotatable bonds is 9. The first-order chi connectivity index (χ1) is 13.2. The van der Waals surface area contributed by atoms with Gasteiger partial charge < -0.3 is 20.5 Å². The third-order valence-corrected chi connectivity index (χ3v) is 4.33. The molecule has 0 aliphatic rings. The number of nitrogens with one attached hydrogen (secondary N) is 1. The van der Waals surface area contributed by atoms with Crippen molar-refractivity contribution in [3.8, 4) is 11.5 Å². The maximum atomic E-state index is 12.5. The van der Waals surface area contributed by atoms with E-state index in [4.69, 9.17) is 26.8 Å². The Bertz CT molecular complexity index is 866. The Morgan fingerprint density at radius 2 is 2.04 bits per heavy atom. The number of carbonyl (C=O) groups is 2. The Labute approximate surface area is 168 Å². The van der Waals surface area contributed by atoms with Crippen LogP contribution in [0.2, 0.25) is 5.02 Å². The molecule has 1 atom stereocenters. The van der Waals surface area contributed by atoms with Gasteiger partial charge in [0, 0.05) is 24.3 Å². The first-order valence-electron chi connectivity index (χ1n) is 8.79. The number of nitrogens with zero attached hydrogens (tertiary/aromatic N) is 2. The predicted molar refractivity (Wildman–Crippen MR) is 106 cm³/mol. The van der Waals surface area contributed by atoms with E-state index < -0.39 is 5.91 Å². The molecule has 0 saturated heterocycles. The molecule has 0 fully saturated rings. The number of hydrogen-bond donors (Lipinski definition) is 2. The zero-order valence-corrected chi connectivity index (χ0v) is 17.2. The summed E-state index contributed by atoms with van der Waals surface area (Å²) in [5.74, 6) is -0.345. The Kier molecular flexibility index (Phi) is 7.28. The average molecular weight is 409 g/mol. The van der Waals surface area contributed by atoms with Gasteiger partial charge >= 0.3 is 0 Å². The zero-order valence-electron chi connectivity index (χ0n) is 16.4. The highest BCUT2D eigenvalue weighted by atomic mass is 35.5. The fourth-order valence-electron chi connectivity index (χ4n) is 2.72. The molecule has 0 aliphatic heterocycles. The van der Waals surface area contributed by atoms with Crippen LogP contribution >= 0.6 is 11.6 Å². The number of primary amides is 1. The summed E-state index contributed by atoms with van der Waals surface area (Å²) in [6.07, 6.45) is 0. The van der Waals surface area contributed by atoms with Crippen molar-refractivity contribution >= 4 is 23.4 Å². The van der Waals surface area contributed by atoms with E-state index in [-0.39, 0.29) is 35.0 Å². The van der Waals surface area contributed by atoms with Crippen molar-refractivity contribution in [1.29, 1.82) is 0 Å². The number of halogens is 1. The van der Waals surface area contributed by atoms with Gasteiger partial charge in [-0.15, -0.1) is 0 Å². The summed E-state index contributed by atoms with van der Waals surface area (Å²) in [6.45, 7) is 6.81. The number of aryl methyl sites for hydroxylation is 2. The number of benzene rings is 1. The molecule has 0 saturated carbocycles. The Morgan fingerprint density at radius 1 is 1.32 bits per heavy atom. The topological polar surface area (TPSA) is 108 Å². The fraction of sp³-hybridized carbons (Fsp3) is 0.421. The minimum Gasteiger partial charge on any atom is -0.493 e. The molecule has 2 aromatic rings. The SMILES string of the molecule is COc1cc(C(=O)NCC(C)Cn2nc(C)cc2C)cc(Cl)c1OCC(N)=O. The van der Waals surface area contributed by atoms with Crippen LogP contribution in [0.4, 0.5) is 0 Å². The van der Waals surface area contributed by atoms with Gasteiger partial charge in [0.2, 0.25) is 0 Å². The van der Waals surface area contributed by atoms with E-state index in [0.29, 0.717) is 18.7 Å². The highest BCUT2D eigenvalue weighted by Crippen LogP contribution is 2.36. The summed E-state index contributed by atoms with van der Waals surface area (Å²) >= 11 is 6.18. The van der Waals surface area contributed by atoms with Crippen LogP contribution in [0.3, 0.4) is 0 Å². The lowest BCUT2D eigenvalue weighted by molar-refractivity contribution is -0.119. The minimum absolute atomic E-state index is 0.154. The summed E-state index contributed by atoms with van der Waals surface area (Å²) < 4.78 is 12.4. The minimum atomic E-state index is -0.642. The van der Waals surface area contributed by atoms with E-state index in [1.807, 2.05) is 31.5 Å². The van der Waals surface area contributed by atoms with Gasteiger partial charge in [-0.3, -0.25) is 14.3 Å². The lowest BCUT2D eigenvalue weighted by Crippen LogP contribution is -2.30. The van der Waals surface area contributed by atoms with Crippen LogP contribution in [0.1, 0.15) is 28.7 Å². The molecule has 1 heterocycles. The van der Waals surface area contributed by atoms with E-state index in [2.05, 4.69) is 10.4 Å². The first kappa shape index (κ1) is 21.6. The molecule has 0 aliphatic carbocycles. The van der Waals surface area contributed by atoms with Crippen LogP contribution in [0.25, 0.3) is 0 Å². The fourth-order valence-corrected chi connectivity index (χ4v) is 2.99. The smallest absolute Gasteiger partial charge is 0.255 e. The van der Waals surface area contributed by atoms with Crippen molar-refractivity contribution in [2.45, 2.75) is 27.3 Å². The quantitative estimate of drug-likeness (QED) is 0.660. The molecule has 152 valence electrons. The van der Waals surface area contributed by atoms with Crippen LogP contribution < -0.4 is 20.5 Å². The van der Waals surface area contributed by atoms with E-state index >= 15 is 0 Å². The molecule has 1 unspecified atom stereocenters. The lowest BCUT2D eigenvalue weighted by Gasteiger charge is -2.16. The van der Waals surface area contributed by atoms with Gasteiger partial charge in [0.1, 0.15) is 0 Å². The number of hydrogen-bond acceptors (Lipinski definition) is 5. The molecule has 2 rings (SSSR count). The van der Waals surface area contributed by atoms with Crippen LogP contribution in [0.15, 0.2) is 18.2 Å². The third kappa shape index (κ3) is 5.63. The van der Waals surface area contributed by atoms with Gasteiger partial charge in [0.05, 0.1) is 17.8 Å². The van der Waals surface area contributed by atoms with Crippen molar-refractivity contribution < 1.29 is 19.1 Å². The molecule has 9 heteroatoms. The normalized spacial score (nSPS) is 11.8. The summed E-state index contributed by atoms with van der Waals surface area (Å²) in [6, 6.07) is 4.98. The second kappa shape index (κ2) is 9.45. The Balaban J connectivity index is 2.02. The van der Waals surface area contributed by atoms with Crippen molar-refractivity contribution in [2.75, 3.05) is 20.3 Å². The van der Waals surface area contributed by atoms with Crippen LogP contribution in [0.5, 0.6) is 11.5 Å². The van der Waals surface area contributed by atoms with Gasteiger partial charge in [-0.25, -0.2) is 0 Å². The number of aromatic nitrogens is 2. The highest BCUT2D eigenvalue weighted by Gasteiger charge is 2.17. The average Bonchev–Trinajstić information content (AvgIpc) is 2.94. The molecular weight excluding hydrogens is 384 g/mol. The number of carbonyl (C=O) groups excluding carboxylic acids is 2. The maximum Gasteiger partial charge on any atom is 0.255 e. The largest absolute Gasteiger partial charge is 0.493 e. The van der Waals surface area contributed by atoms with Crippen LogP contribution in [0, 0.1) is 19.8 Å². The molecular formula is C19H25ClN4O4. The molecule has 0 spiro atoms. The summed E-state index contributed by atoms with van der Waals surface area (Å²) in [4.78, 5) is 23.4. The monoisotopic (exact) mass is 408 g/mol. The molecule has 2 amide bonds. The maximum absolute atomic E-state index is 12.5. The van der Waals surface area contributed by atoms with Crippen LogP contribution in [-0.2, 0) is 11.3 Å². The van der Waals surface area contributed by atoms with Crippen molar-refractivity contribution in [1.82, 2.24) is 15.1 Å². The highest BCUT2D eigenvalue weighted by molar-refractivity contribution is 6.32. The van der Waals surface area contributed by atoms with Gasteiger partial charge in [0.25, 0.3) is 11.8 Å². The van der Waals surface area contributed by atoms with Gasteiger partial charge in [-0.05, 0) is 38.0 Å². The van der Waals surface area contributed by atoms with Crippen LogP contribution in [-0.4, -0.2) is 41.9 Å². The summed E-state index contributed by atoms with van der Waals surface area (Å²) in [7, 11) is 1.42. The first-order valence-corrected chi connectivity index (χ1v) is 9.17. The van der Waals surface area contributed by atoms with Crippen molar-refractivity contribution in [2.24, 2.45) is 11.7 Å². The van der Waals surface area contributed by atoms with Crippen molar-refractivity contribution in [3.63, 3.8) is 0 Å². The molecule has 8 nitrogen and oxygen atoms in total. The summed E-state index contributed by atoms with van der Waals surface area (Å²) in [5, 5.41) is 7.47. The zero-order chi connectivity index (χ0) is 20.8. The molecule has 3 N–H and O–H groups in total. The number of nitrogens with two attached hydrogens (primary N) is 1. The number of ether oxygens (including phenoxy) is 2. The van der Waals surface area contributed by atoms with E-state index in [9.17, 15) is 9.59 Å². The third-order valence-electron chi connectivity index (χ3n) is 4.05. The van der Waals surface area contributed by atoms with E-state index in [1.54, 1.807) is 0 Å². The number of methoxy groups -OCH3 is 1. The van der Waals surface area contributed by atoms with E-state index in [1.165, 1.54) is 19.2 Å². The van der Waals surface area contributed by atoms with Crippen molar-refractivity contribution in [3.05, 3.63) is 40.2 Å². The molecule has 1 aromatic carbocycles. The van der Waals surface area contributed by atoms with Gasteiger partial charge in [0.15, 0.2) is 18.1 Å². The molecule has 0 bridgehead atoms.